The maximum Gasteiger partial charge on any atom is 0.257 e. The molecule has 4 heterocycles. The first kappa shape index (κ1) is 32.5. The molecule has 1 amide bonds. The molecule has 2 saturated heterocycles. The maximum atomic E-state index is 14.0. The van der Waals surface area contributed by atoms with Crippen molar-refractivity contribution in [3.63, 3.8) is 0 Å². The Morgan fingerprint density at radius 1 is 0.978 bits per heavy atom. The predicted octanol–water partition coefficient (Wildman–Crippen LogP) is 4.20. The molecule has 1 aromatic heterocycles. The Kier molecular flexibility index (Phi) is 9.21. The summed E-state index contributed by atoms with van der Waals surface area (Å²) in [5.41, 5.74) is 3.13. The lowest BCUT2D eigenvalue weighted by molar-refractivity contribution is 0.102. The molecule has 13 heteroatoms. The monoisotopic (exact) mass is 655 g/mol. The number of fused-ring (bicyclic) bond motifs is 1. The molecule has 3 aliphatic heterocycles. The zero-order valence-corrected chi connectivity index (χ0v) is 27.6. The van der Waals surface area contributed by atoms with Gasteiger partial charge in [0.1, 0.15) is 11.6 Å². The minimum absolute atomic E-state index is 0.0600. The van der Waals surface area contributed by atoms with Gasteiger partial charge >= 0.3 is 0 Å². The van der Waals surface area contributed by atoms with Crippen molar-refractivity contribution >= 4 is 27.4 Å². The number of halogens is 2. The zero-order valence-electron chi connectivity index (χ0n) is 26.8. The summed E-state index contributed by atoms with van der Waals surface area (Å²) in [4.78, 5) is 20.6. The van der Waals surface area contributed by atoms with Crippen LogP contribution < -0.4 is 10.2 Å². The van der Waals surface area contributed by atoms with E-state index < -0.39 is 32.0 Å². The van der Waals surface area contributed by atoms with Crippen molar-refractivity contribution < 1.29 is 22.0 Å². The molecule has 0 bridgehead atoms. The van der Waals surface area contributed by atoms with Gasteiger partial charge in [0, 0.05) is 79.8 Å². The van der Waals surface area contributed by atoms with Crippen LogP contribution in [0.25, 0.3) is 0 Å². The van der Waals surface area contributed by atoms with E-state index in [0.29, 0.717) is 22.9 Å². The van der Waals surface area contributed by atoms with Crippen LogP contribution in [0, 0.1) is 11.6 Å². The van der Waals surface area contributed by atoms with Crippen molar-refractivity contribution in [1.82, 2.24) is 24.3 Å². The Hall–Kier alpha value is -3.39. The first-order valence-electron chi connectivity index (χ1n) is 16.0. The molecule has 0 radical (unpaired) electrons. The summed E-state index contributed by atoms with van der Waals surface area (Å²) >= 11 is 0. The molecule has 2 aromatic carbocycles. The molecule has 46 heavy (non-hydrogen) atoms. The lowest BCUT2D eigenvalue weighted by Crippen LogP contribution is -2.45. The Balaban J connectivity index is 1.27. The highest BCUT2D eigenvalue weighted by Gasteiger charge is 2.41. The van der Waals surface area contributed by atoms with E-state index in [1.807, 2.05) is 26.0 Å². The lowest BCUT2D eigenvalue weighted by atomic mass is 9.84. The molecule has 0 spiro atoms. The number of aromatic nitrogens is 2. The zero-order chi connectivity index (χ0) is 32.6. The van der Waals surface area contributed by atoms with E-state index in [2.05, 4.69) is 43.3 Å². The van der Waals surface area contributed by atoms with Crippen LogP contribution in [0.4, 0.5) is 20.3 Å². The van der Waals surface area contributed by atoms with E-state index in [9.17, 15) is 22.0 Å². The van der Waals surface area contributed by atoms with Gasteiger partial charge in [-0.3, -0.25) is 9.89 Å². The van der Waals surface area contributed by atoms with Crippen LogP contribution in [0.15, 0.2) is 41.3 Å². The summed E-state index contributed by atoms with van der Waals surface area (Å²) in [7, 11) is -2.13. The van der Waals surface area contributed by atoms with Crippen LogP contribution in [-0.2, 0) is 28.4 Å². The number of hydrogen-bond acceptors (Lipinski definition) is 7. The third-order valence-corrected chi connectivity index (χ3v) is 11.3. The summed E-state index contributed by atoms with van der Waals surface area (Å²) in [6.45, 7) is 10.5. The summed E-state index contributed by atoms with van der Waals surface area (Å²) in [5, 5.41) is 10.4. The second-order valence-corrected chi connectivity index (χ2v) is 15.4. The fraction of sp³-hybridized carbons (Fsp3) is 0.515. The van der Waals surface area contributed by atoms with Crippen LogP contribution in [-0.4, -0.2) is 98.0 Å². The quantitative estimate of drug-likeness (QED) is 0.375. The topological polar surface area (TPSA) is 105 Å². The number of H-pyrrole nitrogens is 1. The van der Waals surface area contributed by atoms with Gasteiger partial charge in [-0.25, -0.2) is 17.2 Å². The first-order valence-corrected chi connectivity index (χ1v) is 17.5. The van der Waals surface area contributed by atoms with Crippen molar-refractivity contribution in [2.24, 2.45) is 0 Å². The van der Waals surface area contributed by atoms with E-state index in [1.165, 1.54) is 23.6 Å². The average Bonchev–Trinajstić information content (AvgIpc) is 3.43. The van der Waals surface area contributed by atoms with E-state index >= 15 is 0 Å². The van der Waals surface area contributed by atoms with E-state index in [1.54, 1.807) is 0 Å². The van der Waals surface area contributed by atoms with Gasteiger partial charge in [0.25, 0.3) is 5.91 Å². The molecule has 248 valence electrons. The molecule has 3 aromatic rings. The molecule has 6 rings (SSSR count). The molecule has 10 nitrogen and oxygen atoms in total. The highest BCUT2D eigenvalue weighted by Crippen LogP contribution is 2.38. The van der Waals surface area contributed by atoms with Crippen molar-refractivity contribution in [1.29, 1.82) is 0 Å². The minimum atomic E-state index is -4.25. The number of aromatic amines is 1. The number of carbonyl (C=O) groups excluding carboxylic acids is 1. The number of nitrogens with one attached hydrogen (secondary N) is 2. The number of rotatable bonds is 8. The number of piperazine rings is 1. The van der Waals surface area contributed by atoms with Crippen molar-refractivity contribution in [2.45, 2.75) is 56.4 Å². The third kappa shape index (κ3) is 6.83. The lowest BCUT2D eigenvalue weighted by Gasteiger charge is -2.37. The molecule has 0 atom stereocenters. The number of hydrogen-bond donors (Lipinski definition) is 2. The van der Waals surface area contributed by atoms with E-state index in [0.717, 1.165) is 75.6 Å². The number of nitrogens with zero attached hydrogens (tertiary/aromatic N) is 5. The fourth-order valence-corrected chi connectivity index (χ4v) is 8.45. The molecule has 2 fully saturated rings. The number of likely N-dealkylation sites (tertiary alicyclic amines) is 1. The highest BCUT2D eigenvalue weighted by molar-refractivity contribution is 7.89. The van der Waals surface area contributed by atoms with Crippen LogP contribution in [0.2, 0.25) is 0 Å². The minimum Gasteiger partial charge on any atom is -0.369 e. The number of sulfonamides is 1. The van der Waals surface area contributed by atoms with Crippen LogP contribution >= 0.6 is 0 Å². The number of anilines is 2. The second-order valence-electron chi connectivity index (χ2n) is 13.4. The number of likely N-dealkylation sites (N-methyl/N-ethyl adjacent to an activating group) is 1. The summed E-state index contributed by atoms with van der Waals surface area (Å²) < 4.78 is 56.3. The van der Waals surface area contributed by atoms with Crippen LogP contribution in [0.1, 0.15) is 60.3 Å². The summed E-state index contributed by atoms with van der Waals surface area (Å²) in [6, 6.07) is 8.29. The van der Waals surface area contributed by atoms with Crippen molar-refractivity contribution in [2.75, 3.05) is 69.6 Å². The van der Waals surface area contributed by atoms with Gasteiger partial charge in [0.2, 0.25) is 10.0 Å². The van der Waals surface area contributed by atoms with E-state index in [-0.39, 0.29) is 24.8 Å². The van der Waals surface area contributed by atoms with Gasteiger partial charge in [-0.15, -0.1) is 0 Å². The number of piperidine rings is 1. The largest absolute Gasteiger partial charge is 0.369 e. The predicted molar refractivity (Wildman–Crippen MR) is 174 cm³/mol. The van der Waals surface area contributed by atoms with Gasteiger partial charge in [-0.1, -0.05) is 20.3 Å². The second kappa shape index (κ2) is 13.0. The SMILES string of the molecule is CN1CCN(c2ccc(C(=O)Nc3n[nH]c4c3CN(S(=O)(=O)c3cc(F)cc(F)c3)CC4(C)C)c(CCN3CCCCC3)c2)CC1. The first-order chi connectivity index (χ1) is 21.9. The van der Waals surface area contributed by atoms with Gasteiger partial charge in [0.05, 0.1) is 4.90 Å². The number of amides is 1. The van der Waals surface area contributed by atoms with Crippen LogP contribution in [0.5, 0.6) is 0 Å². The van der Waals surface area contributed by atoms with Gasteiger partial charge in [-0.2, -0.15) is 9.40 Å². The highest BCUT2D eigenvalue weighted by atomic mass is 32.2. The fourth-order valence-electron chi connectivity index (χ4n) is 6.84. The Bertz CT molecular complexity index is 1680. The summed E-state index contributed by atoms with van der Waals surface area (Å²) in [5.74, 6) is -2.02. The maximum absolute atomic E-state index is 14.0. The Labute approximate surface area is 269 Å². The smallest absolute Gasteiger partial charge is 0.257 e. The van der Waals surface area contributed by atoms with Crippen molar-refractivity contribution in [3.05, 3.63) is 70.4 Å². The Morgan fingerprint density at radius 2 is 1.67 bits per heavy atom. The van der Waals surface area contributed by atoms with E-state index in [4.69, 9.17) is 0 Å². The van der Waals surface area contributed by atoms with Crippen molar-refractivity contribution in [3.8, 4) is 0 Å². The molecular formula is C33H43F2N7O3S. The Morgan fingerprint density at radius 3 is 2.37 bits per heavy atom. The molecular weight excluding hydrogens is 612 g/mol. The number of carbonyl (C=O) groups is 1. The number of benzene rings is 2. The molecule has 0 aliphatic carbocycles. The van der Waals surface area contributed by atoms with Gasteiger partial charge in [0.15, 0.2) is 5.82 Å². The average molecular weight is 656 g/mol. The molecule has 0 unspecified atom stereocenters. The molecule has 0 saturated carbocycles. The van der Waals surface area contributed by atoms with Gasteiger partial charge < -0.3 is 20.0 Å². The third-order valence-electron chi connectivity index (χ3n) is 9.50. The van der Waals surface area contributed by atoms with Crippen LogP contribution in [0.3, 0.4) is 0 Å². The van der Waals surface area contributed by atoms with Gasteiger partial charge in [-0.05, 0) is 75.3 Å². The molecule has 3 aliphatic rings. The normalized spacial score (nSPS) is 19.6. The summed E-state index contributed by atoms with van der Waals surface area (Å²) in [6.07, 6.45) is 4.37. The molecule has 2 N–H and O–H groups in total. The standard InChI is InChI=1S/C33H43F2N7O3S/c1-33(2)22-42(46(44,45)27-19-24(34)18-25(35)20-27)21-29-30(33)37-38-31(29)36-32(43)28-8-7-26(41-15-13-39(3)14-16-41)17-23(28)9-12-40-10-5-4-6-11-40/h7-8,17-20H,4-6,9-16,21-22H2,1-3H3,(H2,36,37,38,43).